The number of unbranched alkanes of at least 4 members (excludes halogenated alkanes) is 5. The van der Waals surface area contributed by atoms with Crippen LogP contribution in [-0.4, -0.2) is 164 Å². The number of nitrogens with zero attached hydrogens (tertiary/aromatic N) is 4. The summed E-state index contributed by atoms with van der Waals surface area (Å²) in [6.45, 7) is 19.9. The Morgan fingerprint density at radius 3 is 1.16 bits per heavy atom. The van der Waals surface area contributed by atoms with Gasteiger partial charge in [0.1, 0.15) is 11.6 Å². The van der Waals surface area contributed by atoms with Crippen LogP contribution in [0.4, 0.5) is 0 Å². The Balaban J connectivity index is 0.000000460. The second-order valence-corrected chi connectivity index (χ2v) is 19.5. The number of ether oxygens (including phenoxy) is 4. The van der Waals surface area contributed by atoms with E-state index in [0.29, 0.717) is 64.0 Å². The Hall–Kier alpha value is -0.980. The van der Waals surface area contributed by atoms with Crippen molar-refractivity contribution < 1.29 is 28.5 Å². The summed E-state index contributed by atoms with van der Waals surface area (Å²) in [5.74, 6) is 4.19. The quantitative estimate of drug-likeness (QED) is 0.0596. The van der Waals surface area contributed by atoms with Crippen LogP contribution in [0.5, 0.6) is 0 Å². The second kappa shape index (κ2) is 36.3. The minimum absolute atomic E-state index is 0.339. The van der Waals surface area contributed by atoms with E-state index >= 15 is 0 Å². The highest BCUT2D eigenvalue weighted by molar-refractivity contribution is 5.78. The summed E-state index contributed by atoms with van der Waals surface area (Å²) < 4.78 is 20.6. The van der Waals surface area contributed by atoms with E-state index in [1.54, 1.807) is 14.2 Å². The van der Waals surface area contributed by atoms with Crippen molar-refractivity contribution in [2.45, 2.75) is 161 Å². The molecule has 0 aliphatic carbocycles. The highest BCUT2D eigenvalue weighted by Crippen LogP contribution is 2.28. The van der Waals surface area contributed by atoms with Gasteiger partial charge in [0.2, 0.25) is 0 Å². The molecule has 4 heterocycles. The Morgan fingerprint density at radius 1 is 0.426 bits per heavy atom. The first-order valence-corrected chi connectivity index (χ1v) is 25.9. The van der Waals surface area contributed by atoms with Gasteiger partial charge in [0, 0.05) is 39.9 Å². The van der Waals surface area contributed by atoms with E-state index in [-0.39, 0.29) is 0 Å². The minimum atomic E-state index is 0.339. The number of hydrogen-bond donors (Lipinski definition) is 0. The van der Waals surface area contributed by atoms with Crippen molar-refractivity contribution in [2.75, 3.05) is 133 Å². The zero-order chi connectivity index (χ0) is 43.6. The van der Waals surface area contributed by atoms with Crippen LogP contribution in [0.1, 0.15) is 161 Å². The molecule has 0 aromatic rings. The van der Waals surface area contributed by atoms with Gasteiger partial charge in [-0.15, -0.1) is 0 Å². The Morgan fingerprint density at radius 2 is 0.787 bits per heavy atom. The van der Waals surface area contributed by atoms with Gasteiger partial charge in [0.05, 0.1) is 39.6 Å². The molecule has 0 spiro atoms. The van der Waals surface area contributed by atoms with Gasteiger partial charge in [-0.3, -0.25) is 9.59 Å². The number of hydrogen-bond acceptors (Lipinski definition) is 10. The molecule has 4 aliphatic heterocycles. The molecule has 61 heavy (non-hydrogen) atoms. The molecule has 0 atom stereocenters. The second-order valence-electron chi connectivity index (χ2n) is 19.5. The maximum atomic E-state index is 12.1. The molecule has 0 saturated carbocycles. The average Bonchev–Trinajstić information content (AvgIpc) is 3.28. The summed E-state index contributed by atoms with van der Waals surface area (Å²) in [4.78, 5) is 34.3. The SMILES string of the molecule is CCCCCCN1CCC(CCCC2CCN(CCCCCN3CCC(CCC(=O)CCOCCOC)CC3)CC2)CC1.COCCOCCC(=O)CCC1CCN(C)CC1. The summed E-state index contributed by atoms with van der Waals surface area (Å²) in [5, 5.41) is 0. The first-order valence-electron chi connectivity index (χ1n) is 25.9. The molecule has 0 aromatic heterocycles. The maximum absolute atomic E-state index is 12.1. The zero-order valence-corrected chi connectivity index (χ0v) is 40.5. The number of piperidine rings is 4. The Labute approximate surface area is 376 Å². The highest BCUT2D eigenvalue weighted by atomic mass is 16.5. The lowest BCUT2D eigenvalue weighted by atomic mass is 9.87. The molecule has 10 heteroatoms. The van der Waals surface area contributed by atoms with E-state index in [0.717, 1.165) is 49.4 Å². The smallest absolute Gasteiger partial charge is 0.135 e. The van der Waals surface area contributed by atoms with Gasteiger partial charge in [-0.2, -0.15) is 0 Å². The predicted molar refractivity (Wildman–Crippen MR) is 253 cm³/mol. The van der Waals surface area contributed by atoms with Gasteiger partial charge < -0.3 is 38.5 Å². The van der Waals surface area contributed by atoms with Crippen molar-refractivity contribution >= 4 is 11.6 Å². The zero-order valence-electron chi connectivity index (χ0n) is 40.5. The summed E-state index contributed by atoms with van der Waals surface area (Å²) in [7, 11) is 5.49. The Bertz CT molecular complexity index is 1040. The van der Waals surface area contributed by atoms with E-state index < -0.39 is 0 Å². The van der Waals surface area contributed by atoms with Gasteiger partial charge in [0.25, 0.3) is 0 Å². The van der Waals surface area contributed by atoms with E-state index in [2.05, 4.69) is 33.6 Å². The fourth-order valence-corrected chi connectivity index (χ4v) is 9.99. The summed E-state index contributed by atoms with van der Waals surface area (Å²) in [6.07, 6.45) is 29.7. The topological polar surface area (TPSA) is 84.0 Å². The van der Waals surface area contributed by atoms with Crippen LogP contribution in [0.2, 0.25) is 0 Å². The van der Waals surface area contributed by atoms with Gasteiger partial charge in [0.15, 0.2) is 0 Å². The number of Topliss-reactive ketones (excluding diaryl/α,β-unsaturated/α-hetero) is 2. The Kier molecular flexibility index (Phi) is 32.3. The van der Waals surface area contributed by atoms with Crippen molar-refractivity contribution in [1.29, 1.82) is 0 Å². The van der Waals surface area contributed by atoms with Gasteiger partial charge in [-0.1, -0.05) is 51.9 Å². The van der Waals surface area contributed by atoms with E-state index in [1.807, 2.05) is 0 Å². The van der Waals surface area contributed by atoms with Crippen molar-refractivity contribution in [2.24, 2.45) is 23.7 Å². The van der Waals surface area contributed by atoms with Gasteiger partial charge in [-0.05, 0) is 186 Å². The van der Waals surface area contributed by atoms with Crippen molar-refractivity contribution in [3.05, 3.63) is 0 Å². The molecular weight excluding hydrogens is 765 g/mol. The standard InChI is InChI=1S/C37H71N3O3.C14H27NO3/c1-3-4-5-7-22-38-25-15-34(16-26-38)11-10-12-35-17-27-39(28-18-35)23-8-6-9-24-40-29-19-36(20-30-40)13-14-37(41)21-31-43-33-32-42-2;1-15-8-5-13(6-9-15)3-4-14(16)7-10-18-12-11-17-2/h34-36H,3-33H2,1-2H3;13H,3-12H2,1-2H3. The van der Waals surface area contributed by atoms with Crippen molar-refractivity contribution in [3.63, 3.8) is 0 Å². The van der Waals surface area contributed by atoms with Crippen molar-refractivity contribution in [3.8, 4) is 0 Å². The molecule has 0 N–H and O–H groups in total. The number of carbonyl (C=O) groups excluding carboxylic acids is 2. The third-order valence-electron chi connectivity index (χ3n) is 14.5. The molecule has 4 rings (SSSR count). The predicted octanol–water partition coefficient (Wildman–Crippen LogP) is 9.18. The lowest BCUT2D eigenvalue weighted by Crippen LogP contribution is -2.35. The molecule has 358 valence electrons. The molecule has 10 nitrogen and oxygen atoms in total. The first kappa shape index (κ1) is 54.4. The van der Waals surface area contributed by atoms with Gasteiger partial charge >= 0.3 is 0 Å². The normalized spacial score (nSPS) is 19.9. The van der Waals surface area contributed by atoms with E-state index in [1.165, 1.54) is 188 Å². The van der Waals surface area contributed by atoms with Crippen molar-refractivity contribution in [1.82, 2.24) is 19.6 Å². The number of carbonyl (C=O) groups is 2. The maximum Gasteiger partial charge on any atom is 0.135 e. The molecule has 4 fully saturated rings. The highest BCUT2D eigenvalue weighted by Gasteiger charge is 2.23. The first-order chi connectivity index (χ1) is 29.9. The van der Waals surface area contributed by atoms with Crippen LogP contribution in [0.25, 0.3) is 0 Å². The van der Waals surface area contributed by atoms with Crippen LogP contribution < -0.4 is 0 Å². The fraction of sp³-hybridized carbons (Fsp3) is 0.961. The number of ketones is 2. The van der Waals surface area contributed by atoms with Crippen LogP contribution in [-0.2, 0) is 28.5 Å². The van der Waals surface area contributed by atoms with Crippen LogP contribution in [0, 0.1) is 23.7 Å². The number of methoxy groups -OCH3 is 2. The monoisotopic (exact) mass is 863 g/mol. The third kappa shape index (κ3) is 27.8. The molecule has 4 aliphatic rings. The lowest BCUT2D eigenvalue weighted by Gasteiger charge is -2.34. The summed E-state index contributed by atoms with van der Waals surface area (Å²) in [6, 6.07) is 0. The van der Waals surface area contributed by atoms with Crippen LogP contribution in [0.3, 0.4) is 0 Å². The van der Waals surface area contributed by atoms with E-state index in [9.17, 15) is 9.59 Å². The molecule has 0 amide bonds. The minimum Gasteiger partial charge on any atom is -0.382 e. The molecule has 4 saturated heterocycles. The molecule has 0 unspecified atom stereocenters. The third-order valence-corrected chi connectivity index (χ3v) is 14.5. The molecule has 0 radical (unpaired) electrons. The van der Waals surface area contributed by atoms with E-state index in [4.69, 9.17) is 18.9 Å². The van der Waals surface area contributed by atoms with Crippen LogP contribution >= 0.6 is 0 Å². The molecular formula is C51H98N4O6. The number of rotatable bonds is 33. The summed E-state index contributed by atoms with van der Waals surface area (Å²) >= 11 is 0. The number of likely N-dealkylation sites (tertiary alicyclic amines) is 4. The largest absolute Gasteiger partial charge is 0.382 e. The fourth-order valence-electron chi connectivity index (χ4n) is 9.99. The molecule has 0 bridgehead atoms. The molecule has 0 aromatic carbocycles. The summed E-state index contributed by atoms with van der Waals surface area (Å²) in [5.41, 5.74) is 0. The van der Waals surface area contributed by atoms with Crippen LogP contribution in [0.15, 0.2) is 0 Å². The average molecular weight is 863 g/mol. The van der Waals surface area contributed by atoms with Gasteiger partial charge in [-0.25, -0.2) is 0 Å². The lowest BCUT2D eigenvalue weighted by molar-refractivity contribution is -0.121.